The molecule has 2 heteroatoms. The third kappa shape index (κ3) is 1.53. The summed E-state index contributed by atoms with van der Waals surface area (Å²) in [7, 11) is 0. The smallest absolute Gasteiger partial charge is 0.0745 e. The van der Waals surface area contributed by atoms with Crippen LogP contribution in [0.1, 0.15) is 6.92 Å². The molecule has 0 aromatic rings. The minimum absolute atomic E-state index is 0.898. The summed E-state index contributed by atoms with van der Waals surface area (Å²) in [6.07, 6.45) is 8.95. The van der Waals surface area contributed by atoms with E-state index in [1.54, 1.807) is 6.20 Å². The minimum atomic E-state index is 0.898. The highest BCUT2D eigenvalue weighted by atomic mass is 14.7. The molecule has 12 heavy (non-hydrogen) atoms. The molecule has 0 bridgehead atoms. The maximum absolute atomic E-state index is 5.43. The molecule has 0 heterocycles. The largest absolute Gasteiger partial charge is 0.404 e. The third-order valence-electron chi connectivity index (χ3n) is 1.67. The monoisotopic (exact) mass is 160 g/mol. The van der Waals surface area contributed by atoms with Gasteiger partial charge in [-0.25, -0.2) is 0 Å². The van der Waals surface area contributed by atoms with Crippen molar-refractivity contribution in [1.29, 1.82) is 0 Å². The van der Waals surface area contributed by atoms with Crippen molar-refractivity contribution < 1.29 is 0 Å². The van der Waals surface area contributed by atoms with Crippen LogP contribution < -0.4 is 5.73 Å². The second-order valence-electron chi connectivity index (χ2n) is 2.49. The first-order chi connectivity index (χ1) is 5.79. The zero-order chi connectivity index (χ0) is 8.97. The number of hydrogen-bond acceptors (Lipinski definition) is 2. The molecule has 62 valence electrons. The zero-order valence-electron chi connectivity index (χ0n) is 7.12. The van der Waals surface area contributed by atoms with E-state index in [4.69, 9.17) is 5.73 Å². The van der Waals surface area contributed by atoms with Gasteiger partial charge in [-0.2, -0.15) is 0 Å². The summed E-state index contributed by atoms with van der Waals surface area (Å²) in [6.45, 7) is 5.55. The molecule has 0 amide bonds. The van der Waals surface area contributed by atoms with Crippen molar-refractivity contribution in [2.45, 2.75) is 6.92 Å². The Morgan fingerprint density at radius 2 is 2.33 bits per heavy atom. The van der Waals surface area contributed by atoms with Crippen molar-refractivity contribution in [1.82, 2.24) is 0 Å². The number of aliphatic imine (C=N–C) groups is 1. The maximum atomic E-state index is 5.43. The van der Waals surface area contributed by atoms with Crippen LogP contribution in [-0.2, 0) is 0 Å². The predicted octanol–water partition coefficient (Wildman–Crippen LogP) is 1.93. The van der Waals surface area contributed by atoms with Crippen LogP contribution in [0, 0.1) is 0 Å². The van der Waals surface area contributed by atoms with E-state index in [1.165, 1.54) is 6.20 Å². The van der Waals surface area contributed by atoms with Gasteiger partial charge in [0.05, 0.1) is 5.71 Å². The summed E-state index contributed by atoms with van der Waals surface area (Å²) in [5.74, 6) is 0. The molecule has 1 aliphatic rings. The molecular formula is C10H12N2. The average molecular weight is 160 g/mol. The number of hydrogen-bond donors (Lipinski definition) is 1. The van der Waals surface area contributed by atoms with Gasteiger partial charge in [-0.05, 0) is 12.5 Å². The first kappa shape index (κ1) is 8.53. The third-order valence-corrected chi connectivity index (χ3v) is 1.67. The van der Waals surface area contributed by atoms with Crippen LogP contribution in [-0.4, -0.2) is 5.71 Å². The standard InChI is InChI=1S/C10H12N2/c1-3-12-10-8(2)5-4-6-9(10)7-11/h3-7H,1,11H2,2H3/b9-7-,12-10-. The lowest BCUT2D eigenvalue weighted by Gasteiger charge is -2.09. The Balaban J connectivity index is 3.11. The first-order valence-electron chi connectivity index (χ1n) is 3.76. The van der Waals surface area contributed by atoms with E-state index in [9.17, 15) is 0 Å². The van der Waals surface area contributed by atoms with Crippen LogP contribution in [0.3, 0.4) is 0 Å². The second kappa shape index (κ2) is 3.72. The van der Waals surface area contributed by atoms with Crippen molar-refractivity contribution >= 4 is 5.71 Å². The fraction of sp³-hybridized carbons (Fsp3) is 0.100. The molecule has 1 aliphatic carbocycles. The Morgan fingerprint density at radius 1 is 1.58 bits per heavy atom. The van der Waals surface area contributed by atoms with Crippen molar-refractivity contribution in [3.05, 3.63) is 48.4 Å². The summed E-state index contributed by atoms with van der Waals surface area (Å²) in [5.41, 5.74) is 8.37. The maximum Gasteiger partial charge on any atom is 0.0745 e. The van der Waals surface area contributed by atoms with Gasteiger partial charge >= 0.3 is 0 Å². The Labute approximate surface area is 72.5 Å². The summed E-state index contributed by atoms with van der Waals surface area (Å²) < 4.78 is 0. The lowest BCUT2D eigenvalue weighted by Crippen LogP contribution is -2.07. The highest BCUT2D eigenvalue weighted by Gasteiger charge is 2.07. The quantitative estimate of drug-likeness (QED) is 0.625. The van der Waals surface area contributed by atoms with E-state index in [1.807, 2.05) is 25.2 Å². The van der Waals surface area contributed by atoms with Crippen molar-refractivity contribution in [3.8, 4) is 0 Å². The molecule has 0 atom stereocenters. The molecule has 2 N–H and O–H groups in total. The van der Waals surface area contributed by atoms with Gasteiger partial charge in [0.2, 0.25) is 0 Å². The van der Waals surface area contributed by atoms with E-state index in [0.717, 1.165) is 16.9 Å². The van der Waals surface area contributed by atoms with E-state index in [0.29, 0.717) is 0 Å². The summed E-state index contributed by atoms with van der Waals surface area (Å²) >= 11 is 0. The normalized spacial score (nSPS) is 22.9. The summed E-state index contributed by atoms with van der Waals surface area (Å²) in [4.78, 5) is 4.13. The van der Waals surface area contributed by atoms with Gasteiger partial charge in [0.15, 0.2) is 0 Å². The van der Waals surface area contributed by atoms with Crippen LogP contribution in [0.5, 0.6) is 0 Å². The number of nitrogens with two attached hydrogens (primary N) is 1. The van der Waals surface area contributed by atoms with Gasteiger partial charge in [0.25, 0.3) is 0 Å². The number of allylic oxidation sites excluding steroid dienone is 5. The highest BCUT2D eigenvalue weighted by Crippen LogP contribution is 2.14. The molecular weight excluding hydrogens is 148 g/mol. The topological polar surface area (TPSA) is 38.4 Å². The molecule has 0 radical (unpaired) electrons. The van der Waals surface area contributed by atoms with Crippen molar-refractivity contribution in [2.75, 3.05) is 0 Å². The molecule has 0 saturated heterocycles. The molecule has 0 aliphatic heterocycles. The molecule has 0 aromatic carbocycles. The summed E-state index contributed by atoms with van der Waals surface area (Å²) in [5, 5.41) is 0. The Kier molecular flexibility index (Phi) is 2.64. The molecule has 0 unspecified atom stereocenters. The van der Waals surface area contributed by atoms with Crippen molar-refractivity contribution in [3.63, 3.8) is 0 Å². The first-order valence-corrected chi connectivity index (χ1v) is 3.76. The van der Waals surface area contributed by atoms with Crippen molar-refractivity contribution in [2.24, 2.45) is 10.7 Å². The van der Waals surface area contributed by atoms with Gasteiger partial charge in [0.1, 0.15) is 0 Å². The predicted molar refractivity (Wildman–Crippen MR) is 52.8 cm³/mol. The lowest BCUT2D eigenvalue weighted by atomic mass is 9.99. The van der Waals surface area contributed by atoms with Gasteiger partial charge in [0, 0.05) is 18.0 Å². The molecule has 0 spiro atoms. The van der Waals surface area contributed by atoms with Gasteiger partial charge in [-0.1, -0.05) is 24.8 Å². The molecule has 0 saturated carbocycles. The Morgan fingerprint density at radius 3 is 2.92 bits per heavy atom. The fourth-order valence-corrected chi connectivity index (χ4v) is 1.08. The molecule has 0 aromatic heterocycles. The van der Waals surface area contributed by atoms with Crippen LogP contribution in [0.2, 0.25) is 0 Å². The Hall–Kier alpha value is -1.57. The van der Waals surface area contributed by atoms with E-state index in [2.05, 4.69) is 11.6 Å². The van der Waals surface area contributed by atoms with Crippen LogP contribution >= 0.6 is 0 Å². The average Bonchev–Trinajstić information content (AvgIpc) is 2.09. The number of nitrogens with zero attached hydrogens (tertiary/aromatic N) is 1. The van der Waals surface area contributed by atoms with E-state index in [-0.39, 0.29) is 0 Å². The second-order valence-corrected chi connectivity index (χ2v) is 2.49. The van der Waals surface area contributed by atoms with Crippen LogP contribution in [0.4, 0.5) is 0 Å². The van der Waals surface area contributed by atoms with E-state index < -0.39 is 0 Å². The zero-order valence-corrected chi connectivity index (χ0v) is 7.12. The minimum Gasteiger partial charge on any atom is -0.404 e. The summed E-state index contributed by atoms with van der Waals surface area (Å²) in [6, 6.07) is 0. The molecule has 2 nitrogen and oxygen atoms in total. The molecule has 0 fully saturated rings. The van der Waals surface area contributed by atoms with Crippen LogP contribution in [0.25, 0.3) is 0 Å². The number of rotatable bonds is 1. The fourth-order valence-electron chi connectivity index (χ4n) is 1.08. The van der Waals surface area contributed by atoms with Gasteiger partial charge < -0.3 is 5.73 Å². The highest BCUT2D eigenvalue weighted by molar-refractivity contribution is 6.15. The van der Waals surface area contributed by atoms with Gasteiger partial charge in [-0.3, -0.25) is 4.99 Å². The van der Waals surface area contributed by atoms with Gasteiger partial charge in [-0.15, -0.1) is 0 Å². The lowest BCUT2D eigenvalue weighted by molar-refractivity contribution is 1.43. The molecule has 1 rings (SSSR count). The Bertz CT molecular complexity index is 304. The van der Waals surface area contributed by atoms with E-state index >= 15 is 0 Å². The SMILES string of the molecule is C=C/N=C1/C(C)=CC=C/C1=C/N. The van der Waals surface area contributed by atoms with Crippen LogP contribution in [0.15, 0.2) is 53.3 Å².